The van der Waals surface area contributed by atoms with Crippen LogP contribution in [0.5, 0.6) is 0 Å². The van der Waals surface area contributed by atoms with Gasteiger partial charge >= 0.3 is 12.0 Å². The second-order valence-corrected chi connectivity index (χ2v) is 5.97. The summed E-state index contributed by atoms with van der Waals surface area (Å²) in [6, 6.07) is -0.277. The summed E-state index contributed by atoms with van der Waals surface area (Å²) >= 11 is 0. The van der Waals surface area contributed by atoms with E-state index in [9.17, 15) is 9.59 Å². The van der Waals surface area contributed by atoms with Crippen LogP contribution in [-0.4, -0.2) is 29.2 Å². The van der Waals surface area contributed by atoms with Crippen LogP contribution in [0.15, 0.2) is 0 Å². The first kappa shape index (κ1) is 14.8. The van der Waals surface area contributed by atoms with Gasteiger partial charge in [0, 0.05) is 12.1 Å². The van der Waals surface area contributed by atoms with Gasteiger partial charge in [0.05, 0.1) is 6.42 Å². The second kappa shape index (κ2) is 5.59. The molecule has 5 heteroatoms. The van der Waals surface area contributed by atoms with Gasteiger partial charge in [0.25, 0.3) is 0 Å². The van der Waals surface area contributed by atoms with Crippen LogP contribution in [0.3, 0.4) is 0 Å². The normalized spacial score (nSPS) is 17.7. The van der Waals surface area contributed by atoms with Gasteiger partial charge in [0.1, 0.15) is 0 Å². The summed E-state index contributed by atoms with van der Waals surface area (Å²) in [5.74, 6) is -0.913. The van der Waals surface area contributed by atoms with Gasteiger partial charge in [0.15, 0.2) is 0 Å². The van der Waals surface area contributed by atoms with Gasteiger partial charge in [-0.25, -0.2) is 4.79 Å². The van der Waals surface area contributed by atoms with Gasteiger partial charge in [-0.1, -0.05) is 13.3 Å². The number of hydrogen-bond acceptors (Lipinski definition) is 2. The van der Waals surface area contributed by atoms with Crippen molar-refractivity contribution in [2.24, 2.45) is 5.41 Å². The molecule has 0 bridgehead atoms. The van der Waals surface area contributed by atoms with Gasteiger partial charge in [-0.3, -0.25) is 4.79 Å². The van der Waals surface area contributed by atoms with Crippen molar-refractivity contribution in [1.82, 2.24) is 10.6 Å². The van der Waals surface area contributed by atoms with Crippen molar-refractivity contribution < 1.29 is 14.7 Å². The van der Waals surface area contributed by atoms with Gasteiger partial charge in [-0.05, 0) is 38.5 Å². The number of hydrogen-bond donors (Lipinski definition) is 3. The third-order valence-corrected chi connectivity index (χ3v) is 3.83. The number of carboxylic acids is 1. The molecule has 0 saturated heterocycles. The number of aliphatic carboxylic acids is 1. The average molecular weight is 256 g/mol. The lowest BCUT2D eigenvalue weighted by atomic mass is 9.67. The minimum Gasteiger partial charge on any atom is -0.481 e. The topological polar surface area (TPSA) is 78.4 Å². The summed E-state index contributed by atoms with van der Waals surface area (Å²) < 4.78 is 0. The van der Waals surface area contributed by atoms with Gasteiger partial charge in [0.2, 0.25) is 0 Å². The Morgan fingerprint density at radius 1 is 1.33 bits per heavy atom. The molecule has 1 aliphatic rings. The molecule has 2 amide bonds. The minimum atomic E-state index is -0.913. The molecule has 0 aromatic rings. The molecule has 0 radical (unpaired) electrons. The van der Waals surface area contributed by atoms with E-state index in [0.29, 0.717) is 6.54 Å². The van der Waals surface area contributed by atoms with Crippen molar-refractivity contribution in [3.05, 3.63) is 0 Å². The zero-order valence-electron chi connectivity index (χ0n) is 11.5. The number of amides is 2. The zero-order chi connectivity index (χ0) is 13.8. The summed E-state index contributed by atoms with van der Waals surface area (Å²) in [5.41, 5.74) is -0.455. The van der Waals surface area contributed by atoms with E-state index < -0.39 is 11.5 Å². The van der Waals surface area contributed by atoms with E-state index in [1.165, 1.54) is 19.3 Å². The molecule has 3 N–H and O–H groups in total. The Labute approximate surface area is 108 Å². The number of carbonyl (C=O) groups is 2. The predicted molar refractivity (Wildman–Crippen MR) is 69.4 cm³/mol. The molecule has 1 aliphatic carbocycles. The molecule has 1 saturated carbocycles. The van der Waals surface area contributed by atoms with Crippen LogP contribution in [0.2, 0.25) is 0 Å². The van der Waals surface area contributed by atoms with Crippen LogP contribution >= 0.6 is 0 Å². The molecule has 1 fully saturated rings. The van der Waals surface area contributed by atoms with E-state index in [1.807, 2.05) is 0 Å². The Bertz CT molecular complexity index is 317. The second-order valence-electron chi connectivity index (χ2n) is 5.97. The first-order chi connectivity index (χ1) is 8.29. The highest BCUT2D eigenvalue weighted by atomic mass is 16.4. The van der Waals surface area contributed by atoms with Crippen LogP contribution < -0.4 is 10.6 Å². The summed E-state index contributed by atoms with van der Waals surface area (Å²) in [6.07, 6.45) is 4.57. The molecule has 104 valence electrons. The lowest BCUT2D eigenvalue weighted by molar-refractivity contribution is -0.138. The quantitative estimate of drug-likeness (QED) is 0.681. The van der Waals surface area contributed by atoms with Crippen molar-refractivity contribution in [1.29, 1.82) is 0 Å². The fourth-order valence-corrected chi connectivity index (χ4v) is 2.37. The average Bonchev–Trinajstić information content (AvgIpc) is 2.13. The third kappa shape index (κ3) is 4.20. The molecule has 0 unspecified atom stereocenters. The summed E-state index contributed by atoms with van der Waals surface area (Å²) in [6.45, 7) is 6.24. The Morgan fingerprint density at radius 2 is 1.94 bits per heavy atom. The standard InChI is InChI=1S/C13H24N2O3/c1-4-13(6-5-7-13)9-14-11(18)15-12(2,3)8-10(16)17/h4-9H2,1-3H3,(H,16,17)(H2,14,15,18). The zero-order valence-corrected chi connectivity index (χ0v) is 11.5. The summed E-state index contributed by atoms with van der Waals surface area (Å²) in [7, 11) is 0. The fourth-order valence-electron chi connectivity index (χ4n) is 2.37. The van der Waals surface area contributed by atoms with Gasteiger partial charge in [-0.2, -0.15) is 0 Å². The Kier molecular flexibility index (Phi) is 4.59. The highest BCUT2D eigenvalue weighted by Gasteiger charge is 2.35. The molecule has 18 heavy (non-hydrogen) atoms. The lowest BCUT2D eigenvalue weighted by Gasteiger charge is -2.41. The van der Waals surface area contributed by atoms with Crippen LogP contribution in [0.1, 0.15) is 52.9 Å². The SMILES string of the molecule is CCC1(CNC(=O)NC(C)(C)CC(=O)O)CCC1. The van der Waals surface area contributed by atoms with Crippen LogP contribution in [0.25, 0.3) is 0 Å². The number of rotatable bonds is 6. The highest BCUT2D eigenvalue weighted by molar-refractivity contribution is 5.76. The van der Waals surface area contributed by atoms with Gasteiger partial charge in [-0.15, -0.1) is 0 Å². The van der Waals surface area contributed by atoms with E-state index in [4.69, 9.17) is 5.11 Å². The lowest BCUT2D eigenvalue weighted by Crippen LogP contribution is -2.52. The van der Waals surface area contributed by atoms with E-state index in [1.54, 1.807) is 13.8 Å². The molecule has 0 aromatic heterocycles. The Balaban J connectivity index is 2.35. The molecular formula is C13H24N2O3. The fraction of sp³-hybridized carbons (Fsp3) is 0.846. The first-order valence-corrected chi connectivity index (χ1v) is 6.56. The van der Waals surface area contributed by atoms with Crippen LogP contribution in [0, 0.1) is 5.41 Å². The maximum absolute atomic E-state index is 11.7. The van der Waals surface area contributed by atoms with Crippen LogP contribution in [0.4, 0.5) is 4.79 Å². The number of carboxylic acid groups (broad SMARTS) is 1. The molecule has 0 aromatic carbocycles. The monoisotopic (exact) mass is 256 g/mol. The molecule has 5 nitrogen and oxygen atoms in total. The molecule has 0 aliphatic heterocycles. The van der Waals surface area contributed by atoms with Crippen molar-refractivity contribution >= 4 is 12.0 Å². The Hall–Kier alpha value is -1.26. The summed E-state index contributed by atoms with van der Waals surface area (Å²) in [4.78, 5) is 22.4. The molecule has 0 heterocycles. The number of urea groups is 1. The summed E-state index contributed by atoms with van der Waals surface area (Å²) in [5, 5.41) is 14.3. The maximum atomic E-state index is 11.7. The number of carbonyl (C=O) groups excluding carboxylic acids is 1. The predicted octanol–water partition coefficient (Wildman–Crippen LogP) is 2.12. The highest BCUT2D eigenvalue weighted by Crippen LogP contribution is 2.42. The van der Waals surface area contributed by atoms with Crippen molar-refractivity contribution in [2.45, 2.75) is 58.4 Å². The van der Waals surface area contributed by atoms with Gasteiger partial charge < -0.3 is 15.7 Å². The third-order valence-electron chi connectivity index (χ3n) is 3.83. The molecular weight excluding hydrogens is 232 g/mol. The van der Waals surface area contributed by atoms with Crippen molar-refractivity contribution in [3.8, 4) is 0 Å². The minimum absolute atomic E-state index is 0.0840. The molecule has 1 rings (SSSR count). The largest absolute Gasteiger partial charge is 0.481 e. The smallest absolute Gasteiger partial charge is 0.315 e. The Morgan fingerprint density at radius 3 is 2.33 bits per heavy atom. The number of nitrogens with one attached hydrogen (secondary N) is 2. The van der Waals surface area contributed by atoms with E-state index >= 15 is 0 Å². The van der Waals surface area contributed by atoms with Crippen molar-refractivity contribution in [3.63, 3.8) is 0 Å². The van der Waals surface area contributed by atoms with E-state index in [0.717, 1.165) is 6.42 Å². The van der Waals surface area contributed by atoms with E-state index in [2.05, 4.69) is 17.6 Å². The molecule has 0 spiro atoms. The van der Waals surface area contributed by atoms with Crippen LogP contribution in [-0.2, 0) is 4.79 Å². The first-order valence-electron chi connectivity index (χ1n) is 6.56. The van der Waals surface area contributed by atoms with E-state index in [-0.39, 0.29) is 17.9 Å². The molecule has 0 atom stereocenters. The maximum Gasteiger partial charge on any atom is 0.315 e. The van der Waals surface area contributed by atoms with Crippen molar-refractivity contribution in [2.75, 3.05) is 6.54 Å².